The minimum Gasteiger partial charge on any atom is -0.327 e. The molecule has 0 spiro atoms. The molecule has 3 unspecified atom stereocenters. The SMILES string of the molecule is CC(C)CC1C(C)C1N. The van der Waals surface area contributed by atoms with Crippen molar-refractivity contribution >= 4 is 0 Å². The molecule has 1 nitrogen and oxygen atoms in total. The van der Waals surface area contributed by atoms with Crippen LogP contribution in [0.25, 0.3) is 0 Å². The average molecular weight is 127 g/mol. The molecule has 1 heteroatoms. The van der Waals surface area contributed by atoms with Gasteiger partial charge in [-0.15, -0.1) is 0 Å². The maximum absolute atomic E-state index is 5.76. The molecule has 0 radical (unpaired) electrons. The fourth-order valence-corrected chi connectivity index (χ4v) is 1.50. The lowest BCUT2D eigenvalue weighted by Gasteiger charge is -2.00. The molecule has 0 heterocycles. The lowest BCUT2D eigenvalue weighted by Crippen LogP contribution is -2.04. The van der Waals surface area contributed by atoms with Gasteiger partial charge < -0.3 is 5.73 Å². The van der Waals surface area contributed by atoms with Crippen LogP contribution in [0.2, 0.25) is 0 Å². The predicted molar refractivity (Wildman–Crippen MR) is 40.1 cm³/mol. The third-order valence-electron chi connectivity index (χ3n) is 2.38. The molecule has 0 aromatic carbocycles. The number of rotatable bonds is 2. The van der Waals surface area contributed by atoms with E-state index in [1.54, 1.807) is 0 Å². The van der Waals surface area contributed by atoms with Crippen LogP contribution in [0.1, 0.15) is 27.2 Å². The van der Waals surface area contributed by atoms with E-state index in [1.807, 2.05) is 0 Å². The van der Waals surface area contributed by atoms with E-state index in [9.17, 15) is 0 Å². The molecule has 0 aromatic heterocycles. The summed E-state index contributed by atoms with van der Waals surface area (Å²) < 4.78 is 0. The molecule has 1 saturated carbocycles. The second-order valence-corrected chi connectivity index (χ2v) is 3.73. The molecule has 54 valence electrons. The Labute approximate surface area is 57.6 Å². The largest absolute Gasteiger partial charge is 0.327 e. The summed E-state index contributed by atoms with van der Waals surface area (Å²) in [4.78, 5) is 0. The highest BCUT2D eigenvalue weighted by atomic mass is 14.8. The molecule has 1 fully saturated rings. The standard InChI is InChI=1S/C8H17N/c1-5(2)4-7-6(3)8(7)9/h5-8H,4,9H2,1-3H3. The first-order chi connectivity index (χ1) is 4.13. The van der Waals surface area contributed by atoms with Gasteiger partial charge in [0.05, 0.1) is 0 Å². The molecular formula is C8H17N. The minimum atomic E-state index is 0.521. The van der Waals surface area contributed by atoms with Crippen LogP contribution in [0.4, 0.5) is 0 Å². The topological polar surface area (TPSA) is 26.0 Å². The summed E-state index contributed by atoms with van der Waals surface area (Å²) in [7, 11) is 0. The second kappa shape index (κ2) is 2.30. The zero-order valence-corrected chi connectivity index (χ0v) is 6.59. The maximum Gasteiger partial charge on any atom is 0.00994 e. The summed E-state index contributed by atoms with van der Waals surface area (Å²) in [6, 6.07) is 0.521. The van der Waals surface area contributed by atoms with Crippen LogP contribution >= 0.6 is 0 Å². The fraction of sp³-hybridized carbons (Fsp3) is 1.00. The van der Waals surface area contributed by atoms with Crippen molar-refractivity contribution in [3.63, 3.8) is 0 Å². The van der Waals surface area contributed by atoms with Crippen molar-refractivity contribution in [2.24, 2.45) is 23.5 Å². The molecular weight excluding hydrogens is 110 g/mol. The van der Waals surface area contributed by atoms with Gasteiger partial charge in [0.25, 0.3) is 0 Å². The Balaban J connectivity index is 2.18. The highest BCUT2D eigenvalue weighted by molar-refractivity contribution is 4.97. The van der Waals surface area contributed by atoms with E-state index in [2.05, 4.69) is 20.8 Å². The maximum atomic E-state index is 5.76. The van der Waals surface area contributed by atoms with Gasteiger partial charge in [-0.2, -0.15) is 0 Å². The van der Waals surface area contributed by atoms with Crippen molar-refractivity contribution in [1.29, 1.82) is 0 Å². The predicted octanol–water partition coefficient (Wildman–Crippen LogP) is 1.63. The third-order valence-corrected chi connectivity index (χ3v) is 2.38. The molecule has 9 heavy (non-hydrogen) atoms. The third kappa shape index (κ3) is 1.45. The number of nitrogens with two attached hydrogens (primary N) is 1. The molecule has 0 saturated heterocycles. The zero-order chi connectivity index (χ0) is 7.02. The first kappa shape index (κ1) is 7.07. The van der Waals surface area contributed by atoms with Crippen LogP contribution < -0.4 is 5.73 Å². The Morgan fingerprint density at radius 1 is 1.44 bits per heavy atom. The van der Waals surface area contributed by atoms with Gasteiger partial charge in [-0.25, -0.2) is 0 Å². The minimum absolute atomic E-state index is 0.521. The van der Waals surface area contributed by atoms with Crippen LogP contribution in [0, 0.1) is 17.8 Å². The van der Waals surface area contributed by atoms with Crippen molar-refractivity contribution in [3.05, 3.63) is 0 Å². The van der Waals surface area contributed by atoms with Crippen LogP contribution in [0.15, 0.2) is 0 Å². The Bertz CT molecular complexity index is 90.7. The molecule has 1 aliphatic carbocycles. The smallest absolute Gasteiger partial charge is 0.00994 e. The summed E-state index contributed by atoms with van der Waals surface area (Å²) in [5, 5.41) is 0. The highest BCUT2D eigenvalue weighted by Crippen LogP contribution is 2.40. The van der Waals surface area contributed by atoms with Crippen molar-refractivity contribution in [3.8, 4) is 0 Å². The molecule has 0 aliphatic heterocycles. The van der Waals surface area contributed by atoms with E-state index in [-0.39, 0.29) is 0 Å². The van der Waals surface area contributed by atoms with Gasteiger partial charge in [0, 0.05) is 6.04 Å². The first-order valence-corrected chi connectivity index (χ1v) is 3.88. The van der Waals surface area contributed by atoms with E-state index >= 15 is 0 Å². The van der Waals surface area contributed by atoms with Crippen molar-refractivity contribution in [2.45, 2.75) is 33.2 Å². The van der Waals surface area contributed by atoms with E-state index < -0.39 is 0 Å². The monoisotopic (exact) mass is 127 g/mol. The van der Waals surface area contributed by atoms with Crippen LogP contribution in [0.3, 0.4) is 0 Å². The van der Waals surface area contributed by atoms with Gasteiger partial charge in [0.15, 0.2) is 0 Å². The first-order valence-electron chi connectivity index (χ1n) is 3.88. The molecule has 1 rings (SSSR count). The lowest BCUT2D eigenvalue weighted by atomic mass is 10.1. The van der Waals surface area contributed by atoms with Gasteiger partial charge in [-0.1, -0.05) is 20.8 Å². The quantitative estimate of drug-likeness (QED) is 0.599. The molecule has 0 amide bonds. The summed E-state index contributed by atoms with van der Waals surface area (Å²) in [5.41, 5.74) is 5.76. The Morgan fingerprint density at radius 3 is 2.00 bits per heavy atom. The summed E-state index contributed by atoms with van der Waals surface area (Å²) in [5.74, 6) is 2.46. The summed E-state index contributed by atoms with van der Waals surface area (Å²) in [6.07, 6.45) is 1.32. The van der Waals surface area contributed by atoms with Crippen LogP contribution in [0.5, 0.6) is 0 Å². The normalized spacial score (nSPS) is 41.7. The van der Waals surface area contributed by atoms with Gasteiger partial charge in [-0.05, 0) is 24.2 Å². The molecule has 3 atom stereocenters. The highest BCUT2D eigenvalue weighted by Gasteiger charge is 2.43. The van der Waals surface area contributed by atoms with Crippen LogP contribution in [-0.2, 0) is 0 Å². The molecule has 0 bridgehead atoms. The van der Waals surface area contributed by atoms with E-state index in [0.29, 0.717) is 6.04 Å². The van der Waals surface area contributed by atoms with Crippen molar-refractivity contribution < 1.29 is 0 Å². The van der Waals surface area contributed by atoms with Crippen LogP contribution in [-0.4, -0.2) is 6.04 Å². The zero-order valence-electron chi connectivity index (χ0n) is 6.59. The Morgan fingerprint density at radius 2 is 1.89 bits per heavy atom. The second-order valence-electron chi connectivity index (χ2n) is 3.73. The van der Waals surface area contributed by atoms with Crippen molar-refractivity contribution in [1.82, 2.24) is 0 Å². The Hall–Kier alpha value is -0.0400. The summed E-state index contributed by atoms with van der Waals surface area (Å²) in [6.45, 7) is 6.77. The lowest BCUT2D eigenvalue weighted by molar-refractivity contribution is 0.516. The van der Waals surface area contributed by atoms with E-state index in [1.165, 1.54) is 6.42 Å². The van der Waals surface area contributed by atoms with Gasteiger partial charge >= 0.3 is 0 Å². The van der Waals surface area contributed by atoms with Gasteiger partial charge in [0.2, 0.25) is 0 Å². The fourth-order valence-electron chi connectivity index (χ4n) is 1.50. The number of hydrogen-bond acceptors (Lipinski definition) is 1. The molecule has 1 aliphatic rings. The van der Waals surface area contributed by atoms with E-state index in [4.69, 9.17) is 5.73 Å². The summed E-state index contributed by atoms with van der Waals surface area (Å²) >= 11 is 0. The molecule has 0 aromatic rings. The van der Waals surface area contributed by atoms with Crippen molar-refractivity contribution in [2.75, 3.05) is 0 Å². The van der Waals surface area contributed by atoms with Gasteiger partial charge in [0.1, 0.15) is 0 Å². The van der Waals surface area contributed by atoms with Gasteiger partial charge in [-0.3, -0.25) is 0 Å². The average Bonchev–Trinajstić information content (AvgIpc) is 2.22. The Kier molecular flexibility index (Phi) is 1.80. The van der Waals surface area contributed by atoms with E-state index in [0.717, 1.165) is 17.8 Å². The number of hydrogen-bond donors (Lipinski definition) is 1. The molecule has 2 N–H and O–H groups in total.